The highest BCUT2D eigenvalue weighted by Crippen LogP contribution is 2.45. The first kappa shape index (κ1) is 12.4. The summed E-state index contributed by atoms with van der Waals surface area (Å²) >= 11 is 5.92. The Morgan fingerprint density at radius 3 is 2.47 bits per heavy atom. The minimum atomic E-state index is -0.405. The first-order chi connectivity index (χ1) is 7.84. The molecule has 4 nitrogen and oxygen atoms in total. The SMILES string of the molecule is CC(C)c1c(Cl)[nH]c(=O)n(CC2(C)CC2)c1=O. The van der Waals surface area contributed by atoms with Gasteiger partial charge in [0.15, 0.2) is 0 Å². The topological polar surface area (TPSA) is 54.9 Å². The summed E-state index contributed by atoms with van der Waals surface area (Å²) in [5.41, 5.74) is -0.0475. The normalized spacial score (nSPS) is 17.5. The highest BCUT2D eigenvalue weighted by atomic mass is 35.5. The van der Waals surface area contributed by atoms with Crippen molar-refractivity contribution in [3.05, 3.63) is 31.6 Å². The lowest BCUT2D eigenvalue weighted by molar-refractivity contribution is 0.437. The summed E-state index contributed by atoms with van der Waals surface area (Å²) in [6.07, 6.45) is 2.14. The van der Waals surface area contributed by atoms with E-state index in [0.717, 1.165) is 12.8 Å². The summed E-state index contributed by atoms with van der Waals surface area (Å²) in [7, 11) is 0. The van der Waals surface area contributed by atoms with Crippen LogP contribution in [0.5, 0.6) is 0 Å². The fourth-order valence-electron chi connectivity index (χ4n) is 1.96. The maximum absolute atomic E-state index is 12.2. The average Bonchev–Trinajstić information content (AvgIpc) is 2.90. The number of H-pyrrole nitrogens is 1. The van der Waals surface area contributed by atoms with Crippen molar-refractivity contribution < 1.29 is 0 Å². The number of aromatic nitrogens is 2. The van der Waals surface area contributed by atoms with E-state index in [9.17, 15) is 9.59 Å². The van der Waals surface area contributed by atoms with Crippen LogP contribution in [0.2, 0.25) is 5.15 Å². The number of nitrogens with one attached hydrogen (secondary N) is 1. The van der Waals surface area contributed by atoms with Gasteiger partial charge in [0.05, 0.1) is 5.56 Å². The van der Waals surface area contributed by atoms with E-state index in [1.165, 1.54) is 4.57 Å². The molecule has 0 radical (unpaired) electrons. The molecule has 0 unspecified atom stereocenters. The predicted octanol–water partition coefficient (Wildman–Crippen LogP) is 2.11. The zero-order valence-corrected chi connectivity index (χ0v) is 11.1. The van der Waals surface area contributed by atoms with Crippen LogP contribution in [-0.2, 0) is 6.54 Å². The van der Waals surface area contributed by atoms with Crippen molar-refractivity contribution in [3.8, 4) is 0 Å². The molecule has 1 aromatic heterocycles. The van der Waals surface area contributed by atoms with Gasteiger partial charge in [0.25, 0.3) is 5.56 Å². The Bertz CT molecular complexity index is 553. The first-order valence-electron chi connectivity index (χ1n) is 5.86. The van der Waals surface area contributed by atoms with Gasteiger partial charge >= 0.3 is 5.69 Å². The van der Waals surface area contributed by atoms with Crippen LogP contribution in [0.3, 0.4) is 0 Å². The van der Waals surface area contributed by atoms with E-state index in [1.54, 1.807) is 0 Å². The molecule has 1 fully saturated rings. The summed E-state index contributed by atoms with van der Waals surface area (Å²) in [5, 5.41) is 0.173. The molecule has 0 atom stereocenters. The second-order valence-corrected chi connectivity index (χ2v) is 5.89. The molecule has 1 heterocycles. The summed E-state index contributed by atoms with van der Waals surface area (Å²) in [6, 6.07) is 0. The molecule has 0 aromatic carbocycles. The monoisotopic (exact) mass is 256 g/mol. The molecule has 0 amide bonds. The molecule has 17 heavy (non-hydrogen) atoms. The average molecular weight is 257 g/mol. The Morgan fingerprint density at radius 1 is 1.41 bits per heavy atom. The molecule has 1 N–H and O–H groups in total. The van der Waals surface area contributed by atoms with Gasteiger partial charge in [-0.3, -0.25) is 14.3 Å². The van der Waals surface area contributed by atoms with Crippen LogP contribution in [-0.4, -0.2) is 9.55 Å². The Hall–Kier alpha value is -1.03. The van der Waals surface area contributed by atoms with Crippen molar-refractivity contribution in [2.75, 3.05) is 0 Å². The van der Waals surface area contributed by atoms with Gasteiger partial charge in [-0.25, -0.2) is 4.79 Å². The van der Waals surface area contributed by atoms with Crippen molar-refractivity contribution in [2.24, 2.45) is 5.41 Å². The van der Waals surface area contributed by atoms with Crippen LogP contribution in [0.1, 0.15) is 45.1 Å². The largest absolute Gasteiger partial charge is 0.329 e. The van der Waals surface area contributed by atoms with E-state index < -0.39 is 5.69 Å². The highest BCUT2D eigenvalue weighted by molar-refractivity contribution is 6.30. The summed E-state index contributed by atoms with van der Waals surface area (Å²) in [6.45, 7) is 6.36. The van der Waals surface area contributed by atoms with E-state index in [2.05, 4.69) is 11.9 Å². The first-order valence-corrected chi connectivity index (χ1v) is 6.24. The van der Waals surface area contributed by atoms with E-state index in [1.807, 2.05) is 13.8 Å². The van der Waals surface area contributed by atoms with Gasteiger partial charge in [-0.05, 0) is 24.2 Å². The lowest BCUT2D eigenvalue weighted by Crippen LogP contribution is -2.39. The van der Waals surface area contributed by atoms with Crippen LogP contribution < -0.4 is 11.2 Å². The molecular formula is C12H17ClN2O2. The molecule has 5 heteroatoms. The maximum Gasteiger partial charge on any atom is 0.329 e. The van der Waals surface area contributed by atoms with E-state index >= 15 is 0 Å². The molecule has 1 aliphatic rings. The minimum absolute atomic E-state index is 0.00473. The number of halogens is 1. The number of nitrogens with zero attached hydrogens (tertiary/aromatic N) is 1. The van der Waals surface area contributed by atoms with Crippen molar-refractivity contribution in [1.29, 1.82) is 0 Å². The second-order valence-electron chi connectivity index (χ2n) is 5.51. The number of aromatic amines is 1. The zero-order chi connectivity index (χ0) is 12.8. The third kappa shape index (κ3) is 2.32. The molecule has 2 rings (SSSR count). The molecule has 0 aliphatic heterocycles. The van der Waals surface area contributed by atoms with Gasteiger partial charge in [-0.15, -0.1) is 0 Å². The molecule has 0 bridgehead atoms. The van der Waals surface area contributed by atoms with Gasteiger partial charge in [-0.2, -0.15) is 0 Å². The Morgan fingerprint density at radius 2 is 2.00 bits per heavy atom. The summed E-state index contributed by atoms with van der Waals surface area (Å²) in [5.74, 6) is 0.00473. The molecular weight excluding hydrogens is 240 g/mol. The van der Waals surface area contributed by atoms with Gasteiger partial charge in [0, 0.05) is 6.54 Å². The van der Waals surface area contributed by atoms with Crippen molar-refractivity contribution in [3.63, 3.8) is 0 Å². The molecule has 1 saturated carbocycles. The highest BCUT2D eigenvalue weighted by Gasteiger charge is 2.38. The molecule has 0 saturated heterocycles. The van der Waals surface area contributed by atoms with Gasteiger partial charge in [0.2, 0.25) is 0 Å². The van der Waals surface area contributed by atoms with Crippen LogP contribution in [0.15, 0.2) is 9.59 Å². The van der Waals surface area contributed by atoms with Crippen molar-refractivity contribution >= 4 is 11.6 Å². The third-order valence-corrected chi connectivity index (χ3v) is 3.69. The molecule has 0 spiro atoms. The fraction of sp³-hybridized carbons (Fsp3) is 0.667. The number of rotatable bonds is 3. The van der Waals surface area contributed by atoms with Crippen LogP contribution in [0.25, 0.3) is 0 Å². The van der Waals surface area contributed by atoms with Crippen LogP contribution >= 0.6 is 11.6 Å². The predicted molar refractivity (Wildman–Crippen MR) is 67.8 cm³/mol. The molecule has 1 aromatic rings. The smallest absolute Gasteiger partial charge is 0.297 e. The lowest BCUT2D eigenvalue weighted by Gasteiger charge is -2.14. The van der Waals surface area contributed by atoms with Gasteiger partial charge in [-0.1, -0.05) is 32.4 Å². The second kappa shape index (κ2) is 4.02. The third-order valence-electron chi connectivity index (χ3n) is 3.39. The Balaban J connectivity index is 2.55. The lowest BCUT2D eigenvalue weighted by atomic mass is 10.1. The quantitative estimate of drug-likeness (QED) is 0.843. The number of hydrogen-bond donors (Lipinski definition) is 1. The van der Waals surface area contributed by atoms with Crippen LogP contribution in [0, 0.1) is 5.41 Å². The zero-order valence-electron chi connectivity index (χ0n) is 10.3. The standard InChI is InChI=1S/C12H17ClN2O2/c1-7(2)8-9(13)14-11(17)15(10(8)16)6-12(3)4-5-12/h7H,4-6H2,1-3H3,(H,14,17). The Labute approximate surface area is 105 Å². The Kier molecular flexibility index (Phi) is 2.94. The van der Waals surface area contributed by atoms with E-state index in [4.69, 9.17) is 11.6 Å². The van der Waals surface area contributed by atoms with Gasteiger partial charge in [0.1, 0.15) is 5.15 Å². The molecule has 94 valence electrons. The van der Waals surface area contributed by atoms with E-state index in [-0.39, 0.29) is 22.0 Å². The van der Waals surface area contributed by atoms with E-state index in [0.29, 0.717) is 12.1 Å². The van der Waals surface area contributed by atoms with Crippen molar-refractivity contribution in [1.82, 2.24) is 9.55 Å². The molecule has 1 aliphatic carbocycles. The van der Waals surface area contributed by atoms with Crippen LogP contribution in [0.4, 0.5) is 0 Å². The summed E-state index contributed by atoms with van der Waals surface area (Å²) < 4.78 is 1.29. The maximum atomic E-state index is 12.2. The van der Waals surface area contributed by atoms with Crippen molar-refractivity contribution in [2.45, 2.75) is 46.1 Å². The van der Waals surface area contributed by atoms with Gasteiger partial charge < -0.3 is 0 Å². The minimum Gasteiger partial charge on any atom is -0.297 e. The number of hydrogen-bond acceptors (Lipinski definition) is 2. The summed E-state index contributed by atoms with van der Waals surface area (Å²) in [4.78, 5) is 26.5. The fourth-order valence-corrected chi connectivity index (χ4v) is 2.34.